The summed E-state index contributed by atoms with van der Waals surface area (Å²) in [7, 11) is 0. The van der Waals surface area contributed by atoms with Crippen LogP contribution in [0.25, 0.3) is 0 Å². The van der Waals surface area contributed by atoms with Gasteiger partial charge in [0, 0.05) is 18.7 Å². The molecule has 2 nitrogen and oxygen atoms in total. The molecule has 1 N–H and O–H groups in total. The average molecular weight is 287 g/mol. The van der Waals surface area contributed by atoms with Crippen LogP contribution in [0.5, 0.6) is 0 Å². The standard InChI is InChI=1S/C15H20F3NO/c1-10(12-7-8-20-9-12)19-11(2)13-5-3-4-6-14(13)15(16,17)18/h3-6,10-12,19H,7-9H2,1-2H3. The maximum atomic E-state index is 13.0. The molecule has 1 fully saturated rings. The van der Waals surface area contributed by atoms with Gasteiger partial charge in [-0.1, -0.05) is 18.2 Å². The van der Waals surface area contributed by atoms with E-state index in [0.29, 0.717) is 18.1 Å². The lowest BCUT2D eigenvalue weighted by Crippen LogP contribution is -2.36. The number of nitrogens with one attached hydrogen (secondary N) is 1. The number of alkyl halides is 3. The largest absolute Gasteiger partial charge is 0.416 e. The van der Waals surface area contributed by atoms with Gasteiger partial charge in [0.1, 0.15) is 0 Å². The van der Waals surface area contributed by atoms with Crippen LogP contribution in [0, 0.1) is 5.92 Å². The van der Waals surface area contributed by atoms with E-state index in [2.05, 4.69) is 5.32 Å². The van der Waals surface area contributed by atoms with E-state index in [1.165, 1.54) is 6.07 Å². The van der Waals surface area contributed by atoms with Crippen molar-refractivity contribution in [2.75, 3.05) is 13.2 Å². The van der Waals surface area contributed by atoms with Crippen molar-refractivity contribution in [3.63, 3.8) is 0 Å². The highest BCUT2D eigenvalue weighted by atomic mass is 19.4. The van der Waals surface area contributed by atoms with Crippen LogP contribution in [0.3, 0.4) is 0 Å². The maximum Gasteiger partial charge on any atom is 0.416 e. The van der Waals surface area contributed by atoms with Crippen molar-refractivity contribution in [1.82, 2.24) is 5.32 Å². The van der Waals surface area contributed by atoms with E-state index in [1.807, 2.05) is 6.92 Å². The molecule has 112 valence electrons. The van der Waals surface area contributed by atoms with Crippen molar-refractivity contribution in [3.05, 3.63) is 35.4 Å². The van der Waals surface area contributed by atoms with Gasteiger partial charge in [0.25, 0.3) is 0 Å². The Morgan fingerprint density at radius 3 is 2.55 bits per heavy atom. The van der Waals surface area contributed by atoms with Crippen LogP contribution in [0.15, 0.2) is 24.3 Å². The molecule has 5 heteroatoms. The molecule has 1 heterocycles. The van der Waals surface area contributed by atoms with Gasteiger partial charge in [-0.2, -0.15) is 13.2 Å². The molecule has 0 amide bonds. The van der Waals surface area contributed by atoms with Crippen LogP contribution in [-0.2, 0) is 10.9 Å². The Labute approximate surface area is 117 Å². The van der Waals surface area contributed by atoms with Crippen LogP contribution in [0.1, 0.15) is 37.4 Å². The van der Waals surface area contributed by atoms with Gasteiger partial charge in [-0.05, 0) is 37.8 Å². The fraction of sp³-hybridized carbons (Fsp3) is 0.600. The Balaban J connectivity index is 2.10. The van der Waals surface area contributed by atoms with Gasteiger partial charge in [-0.3, -0.25) is 0 Å². The van der Waals surface area contributed by atoms with Crippen molar-refractivity contribution >= 4 is 0 Å². The monoisotopic (exact) mass is 287 g/mol. The number of hydrogen-bond donors (Lipinski definition) is 1. The van der Waals surface area contributed by atoms with Crippen molar-refractivity contribution in [3.8, 4) is 0 Å². The first-order valence-electron chi connectivity index (χ1n) is 6.89. The third kappa shape index (κ3) is 3.52. The second kappa shape index (κ2) is 6.14. The zero-order valence-corrected chi connectivity index (χ0v) is 11.7. The van der Waals surface area contributed by atoms with Gasteiger partial charge in [0.15, 0.2) is 0 Å². The van der Waals surface area contributed by atoms with Crippen LogP contribution in [0.4, 0.5) is 13.2 Å². The molecule has 3 atom stereocenters. The second-order valence-electron chi connectivity index (χ2n) is 5.39. The molecule has 0 saturated carbocycles. The maximum absolute atomic E-state index is 13.0. The minimum atomic E-state index is -4.31. The summed E-state index contributed by atoms with van der Waals surface area (Å²) < 4.78 is 44.3. The topological polar surface area (TPSA) is 21.3 Å². The summed E-state index contributed by atoms with van der Waals surface area (Å²) in [6, 6.07) is 5.53. The highest BCUT2D eigenvalue weighted by Gasteiger charge is 2.34. The van der Waals surface area contributed by atoms with E-state index in [1.54, 1.807) is 19.1 Å². The first kappa shape index (κ1) is 15.3. The predicted octanol–water partition coefficient (Wildman–Crippen LogP) is 3.78. The normalized spacial score (nSPS) is 22.8. The summed E-state index contributed by atoms with van der Waals surface area (Å²) in [6.07, 6.45) is -3.35. The summed E-state index contributed by atoms with van der Waals surface area (Å²) in [5, 5.41) is 3.27. The van der Waals surface area contributed by atoms with Crippen LogP contribution < -0.4 is 5.32 Å². The summed E-state index contributed by atoms with van der Waals surface area (Å²) in [6.45, 7) is 5.20. The molecule has 2 rings (SSSR count). The molecule has 1 saturated heterocycles. The van der Waals surface area contributed by atoms with E-state index in [-0.39, 0.29) is 12.1 Å². The Hall–Kier alpha value is -1.07. The highest BCUT2D eigenvalue weighted by Crippen LogP contribution is 2.34. The molecule has 0 spiro atoms. The van der Waals surface area contributed by atoms with E-state index >= 15 is 0 Å². The Morgan fingerprint density at radius 1 is 1.25 bits per heavy atom. The van der Waals surface area contributed by atoms with Gasteiger partial charge >= 0.3 is 6.18 Å². The Bertz CT molecular complexity index is 441. The quantitative estimate of drug-likeness (QED) is 0.910. The summed E-state index contributed by atoms with van der Waals surface area (Å²) in [4.78, 5) is 0. The van der Waals surface area contributed by atoms with Gasteiger partial charge in [-0.15, -0.1) is 0 Å². The van der Waals surface area contributed by atoms with Crippen LogP contribution in [0.2, 0.25) is 0 Å². The lowest BCUT2D eigenvalue weighted by Gasteiger charge is -2.26. The molecule has 3 unspecified atom stereocenters. The van der Waals surface area contributed by atoms with E-state index in [4.69, 9.17) is 4.74 Å². The van der Waals surface area contributed by atoms with Gasteiger partial charge in [-0.25, -0.2) is 0 Å². The number of halogens is 3. The number of hydrogen-bond acceptors (Lipinski definition) is 2. The van der Waals surface area contributed by atoms with E-state index in [9.17, 15) is 13.2 Å². The third-order valence-electron chi connectivity index (χ3n) is 3.92. The molecule has 1 aromatic rings. The number of benzene rings is 1. The summed E-state index contributed by atoms with van der Waals surface area (Å²) >= 11 is 0. The van der Waals surface area contributed by atoms with Crippen molar-refractivity contribution < 1.29 is 17.9 Å². The first-order valence-corrected chi connectivity index (χ1v) is 6.89. The molecule has 0 radical (unpaired) electrons. The fourth-order valence-electron chi connectivity index (χ4n) is 2.70. The molecule has 0 aliphatic carbocycles. The molecule has 0 bridgehead atoms. The minimum Gasteiger partial charge on any atom is -0.381 e. The van der Waals surface area contributed by atoms with Gasteiger partial charge < -0.3 is 10.1 Å². The zero-order valence-electron chi connectivity index (χ0n) is 11.7. The smallest absolute Gasteiger partial charge is 0.381 e. The fourth-order valence-corrected chi connectivity index (χ4v) is 2.70. The molecule has 1 aliphatic rings. The van der Waals surface area contributed by atoms with Gasteiger partial charge in [0.2, 0.25) is 0 Å². The molecular weight excluding hydrogens is 267 g/mol. The molecule has 1 aliphatic heterocycles. The van der Waals surface area contributed by atoms with Crippen LogP contribution >= 0.6 is 0 Å². The molecular formula is C15H20F3NO. The van der Waals surface area contributed by atoms with Crippen LogP contribution in [-0.4, -0.2) is 19.3 Å². The Kier molecular flexibility index (Phi) is 4.70. The minimum absolute atomic E-state index is 0.133. The van der Waals surface area contributed by atoms with E-state index in [0.717, 1.165) is 19.1 Å². The summed E-state index contributed by atoms with van der Waals surface area (Å²) in [5.41, 5.74) is -0.263. The van der Waals surface area contributed by atoms with Gasteiger partial charge in [0.05, 0.1) is 12.2 Å². The Morgan fingerprint density at radius 2 is 1.95 bits per heavy atom. The number of ether oxygens (including phenoxy) is 1. The molecule has 1 aromatic carbocycles. The predicted molar refractivity (Wildman–Crippen MR) is 71.4 cm³/mol. The SMILES string of the molecule is CC(NC(C)C1CCOC1)c1ccccc1C(F)(F)F. The van der Waals surface area contributed by atoms with E-state index < -0.39 is 11.7 Å². The average Bonchev–Trinajstić information content (AvgIpc) is 2.91. The summed E-state index contributed by atoms with van der Waals surface area (Å²) in [5.74, 6) is 0.371. The number of rotatable bonds is 4. The third-order valence-corrected chi connectivity index (χ3v) is 3.92. The lowest BCUT2D eigenvalue weighted by atomic mass is 9.96. The van der Waals surface area contributed by atoms with Crippen molar-refractivity contribution in [1.29, 1.82) is 0 Å². The molecule has 0 aromatic heterocycles. The van der Waals surface area contributed by atoms with Crippen molar-refractivity contribution in [2.24, 2.45) is 5.92 Å². The first-order chi connectivity index (χ1) is 9.39. The highest BCUT2D eigenvalue weighted by molar-refractivity contribution is 5.32. The zero-order chi connectivity index (χ0) is 14.8. The second-order valence-corrected chi connectivity index (χ2v) is 5.39. The molecule has 20 heavy (non-hydrogen) atoms. The van der Waals surface area contributed by atoms with Crippen molar-refractivity contribution in [2.45, 2.75) is 38.5 Å². The lowest BCUT2D eigenvalue weighted by molar-refractivity contribution is -0.138.